The molecule has 0 saturated carbocycles. The molecule has 0 atom stereocenters. The SMILES string of the molecule is O=C(CCCS)ONc1nc2ccccc2o1. The average molecular weight is 252 g/mol. The third-order valence-electron chi connectivity index (χ3n) is 2.09. The lowest BCUT2D eigenvalue weighted by Crippen LogP contribution is -2.10. The van der Waals surface area contributed by atoms with E-state index in [1.54, 1.807) is 6.07 Å². The van der Waals surface area contributed by atoms with Crippen LogP contribution in [0.2, 0.25) is 0 Å². The van der Waals surface area contributed by atoms with Gasteiger partial charge in [0.1, 0.15) is 5.52 Å². The van der Waals surface area contributed by atoms with E-state index in [0.29, 0.717) is 29.7 Å². The van der Waals surface area contributed by atoms with Crippen molar-refractivity contribution in [1.29, 1.82) is 0 Å². The van der Waals surface area contributed by atoms with Crippen LogP contribution in [0.25, 0.3) is 11.1 Å². The average Bonchev–Trinajstić information content (AvgIpc) is 2.76. The highest BCUT2D eigenvalue weighted by molar-refractivity contribution is 7.80. The number of oxazole rings is 1. The monoisotopic (exact) mass is 252 g/mol. The highest BCUT2D eigenvalue weighted by atomic mass is 32.1. The molecule has 0 aliphatic rings. The van der Waals surface area contributed by atoms with Gasteiger partial charge >= 0.3 is 12.0 Å². The Morgan fingerprint density at radius 3 is 3.06 bits per heavy atom. The Morgan fingerprint density at radius 2 is 2.29 bits per heavy atom. The predicted molar refractivity (Wildman–Crippen MR) is 66.8 cm³/mol. The molecule has 1 N–H and O–H groups in total. The number of para-hydroxylation sites is 2. The van der Waals surface area contributed by atoms with Crippen molar-refractivity contribution in [3.63, 3.8) is 0 Å². The van der Waals surface area contributed by atoms with Gasteiger partial charge in [0, 0.05) is 6.42 Å². The van der Waals surface area contributed by atoms with E-state index in [-0.39, 0.29) is 12.0 Å². The lowest BCUT2D eigenvalue weighted by atomic mass is 10.3. The summed E-state index contributed by atoms with van der Waals surface area (Å²) in [6.45, 7) is 0. The molecule has 1 heterocycles. The van der Waals surface area contributed by atoms with Gasteiger partial charge in [0.05, 0.1) is 0 Å². The number of hydrogen-bond donors (Lipinski definition) is 2. The number of carbonyl (C=O) groups excluding carboxylic acids is 1. The number of rotatable bonds is 5. The van der Waals surface area contributed by atoms with E-state index < -0.39 is 0 Å². The fourth-order valence-corrected chi connectivity index (χ4v) is 1.45. The van der Waals surface area contributed by atoms with E-state index in [2.05, 4.69) is 23.1 Å². The van der Waals surface area contributed by atoms with Crippen LogP contribution in [-0.2, 0) is 9.63 Å². The van der Waals surface area contributed by atoms with E-state index >= 15 is 0 Å². The van der Waals surface area contributed by atoms with Gasteiger partial charge in [0.15, 0.2) is 5.58 Å². The number of nitrogens with zero attached hydrogens (tertiary/aromatic N) is 1. The first-order chi connectivity index (χ1) is 8.29. The maximum absolute atomic E-state index is 11.2. The number of hydrogen-bond acceptors (Lipinski definition) is 6. The molecule has 2 aromatic rings. The Labute approximate surface area is 104 Å². The van der Waals surface area contributed by atoms with Crippen LogP contribution in [0.3, 0.4) is 0 Å². The number of carbonyl (C=O) groups is 1. The van der Waals surface area contributed by atoms with Crippen molar-refractivity contribution >= 4 is 35.7 Å². The summed E-state index contributed by atoms with van der Waals surface area (Å²) in [5.74, 6) is 0.291. The molecule has 2 rings (SSSR count). The lowest BCUT2D eigenvalue weighted by Gasteiger charge is -2.01. The Morgan fingerprint density at radius 1 is 1.47 bits per heavy atom. The van der Waals surface area contributed by atoms with Crippen LogP contribution >= 0.6 is 12.6 Å². The largest absolute Gasteiger partial charge is 0.422 e. The molecule has 5 nitrogen and oxygen atoms in total. The second-order valence-corrected chi connectivity index (χ2v) is 3.84. The summed E-state index contributed by atoms with van der Waals surface area (Å²) in [4.78, 5) is 20.1. The third kappa shape index (κ3) is 3.13. The summed E-state index contributed by atoms with van der Waals surface area (Å²) in [6, 6.07) is 7.47. The van der Waals surface area contributed by atoms with Gasteiger partial charge in [-0.15, -0.1) is 0 Å². The van der Waals surface area contributed by atoms with Crippen LogP contribution < -0.4 is 5.48 Å². The fourth-order valence-electron chi connectivity index (χ4n) is 1.29. The molecule has 17 heavy (non-hydrogen) atoms. The van der Waals surface area contributed by atoms with Crippen LogP contribution in [0.5, 0.6) is 0 Å². The molecule has 0 amide bonds. The standard InChI is InChI=1S/C11H12N2O3S/c14-10(6-3-7-17)16-13-11-12-8-4-1-2-5-9(8)15-11/h1-2,4-5,17H,3,6-7H2,(H,12,13). The fraction of sp³-hybridized carbons (Fsp3) is 0.273. The third-order valence-corrected chi connectivity index (χ3v) is 2.40. The van der Waals surface area contributed by atoms with E-state index in [1.807, 2.05) is 18.2 Å². The van der Waals surface area contributed by atoms with Gasteiger partial charge in [0.25, 0.3) is 0 Å². The van der Waals surface area contributed by atoms with Crippen LogP contribution in [0.15, 0.2) is 28.7 Å². The lowest BCUT2D eigenvalue weighted by molar-refractivity contribution is -0.140. The topological polar surface area (TPSA) is 64.4 Å². The zero-order valence-corrected chi connectivity index (χ0v) is 9.94. The van der Waals surface area contributed by atoms with Gasteiger partial charge in [-0.05, 0) is 24.3 Å². The van der Waals surface area contributed by atoms with Gasteiger partial charge in [-0.1, -0.05) is 12.1 Å². The smallest absolute Gasteiger partial charge is 0.332 e. The molecule has 1 aromatic heterocycles. The molecular formula is C11H12N2O3S. The molecule has 6 heteroatoms. The second kappa shape index (κ2) is 5.58. The van der Waals surface area contributed by atoms with Gasteiger partial charge in [-0.25, -0.2) is 4.79 Å². The van der Waals surface area contributed by atoms with E-state index in [0.717, 1.165) is 0 Å². The van der Waals surface area contributed by atoms with Gasteiger partial charge in [-0.2, -0.15) is 23.1 Å². The molecule has 0 saturated heterocycles. The Kier molecular flexibility index (Phi) is 3.87. The number of thiol groups is 1. The molecule has 0 unspecified atom stereocenters. The molecule has 0 bridgehead atoms. The minimum atomic E-state index is -0.360. The van der Waals surface area contributed by atoms with Crippen LogP contribution in [0.4, 0.5) is 6.01 Å². The molecule has 0 aliphatic heterocycles. The summed E-state index contributed by atoms with van der Waals surface area (Å²) >= 11 is 4.01. The van der Waals surface area contributed by atoms with Gasteiger partial charge in [-0.3, -0.25) is 0 Å². The number of fused-ring (bicyclic) bond motifs is 1. The zero-order valence-electron chi connectivity index (χ0n) is 9.05. The molecule has 0 radical (unpaired) electrons. The molecule has 1 aromatic carbocycles. The molecular weight excluding hydrogens is 240 g/mol. The van der Waals surface area contributed by atoms with Crippen molar-refractivity contribution in [2.45, 2.75) is 12.8 Å². The number of anilines is 1. The van der Waals surface area contributed by atoms with Crippen LogP contribution in [-0.4, -0.2) is 16.7 Å². The second-order valence-electron chi connectivity index (χ2n) is 3.39. The highest BCUT2D eigenvalue weighted by Crippen LogP contribution is 2.17. The summed E-state index contributed by atoms with van der Waals surface area (Å²) in [5.41, 5.74) is 3.74. The minimum absolute atomic E-state index is 0.172. The van der Waals surface area contributed by atoms with Crippen molar-refractivity contribution < 1.29 is 14.0 Å². The van der Waals surface area contributed by atoms with Crippen LogP contribution in [0, 0.1) is 0 Å². The van der Waals surface area contributed by atoms with Crippen molar-refractivity contribution in [3.05, 3.63) is 24.3 Å². The molecule has 90 valence electrons. The minimum Gasteiger partial charge on any atom is -0.422 e. The van der Waals surface area contributed by atoms with E-state index in [9.17, 15) is 4.79 Å². The highest BCUT2D eigenvalue weighted by Gasteiger charge is 2.07. The first-order valence-corrected chi connectivity index (χ1v) is 5.85. The van der Waals surface area contributed by atoms with Crippen molar-refractivity contribution in [2.24, 2.45) is 0 Å². The quantitative estimate of drug-likeness (QED) is 0.632. The zero-order chi connectivity index (χ0) is 12.1. The first kappa shape index (κ1) is 11.8. The van der Waals surface area contributed by atoms with E-state index in [1.165, 1.54) is 0 Å². The van der Waals surface area contributed by atoms with Crippen molar-refractivity contribution in [1.82, 2.24) is 4.98 Å². The van der Waals surface area contributed by atoms with Crippen LogP contribution in [0.1, 0.15) is 12.8 Å². The van der Waals surface area contributed by atoms with Gasteiger partial charge < -0.3 is 9.25 Å². The Balaban J connectivity index is 1.92. The summed E-state index contributed by atoms with van der Waals surface area (Å²) in [7, 11) is 0. The molecule has 0 fully saturated rings. The van der Waals surface area contributed by atoms with Crippen molar-refractivity contribution in [2.75, 3.05) is 11.2 Å². The maximum atomic E-state index is 11.2. The Bertz CT molecular complexity index is 479. The normalized spacial score (nSPS) is 10.4. The maximum Gasteiger partial charge on any atom is 0.332 e. The molecule has 0 aliphatic carbocycles. The number of benzene rings is 1. The first-order valence-electron chi connectivity index (χ1n) is 5.21. The number of aromatic nitrogens is 1. The predicted octanol–water partition coefficient (Wildman–Crippen LogP) is 2.41. The summed E-state index contributed by atoms with van der Waals surface area (Å²) in [6.07, 6.45) is 0.994. The molecule has 0 spiro atoms. The Hall–Kier alpha value is -1.69. The van der Waals surface area contributed by atoms with Crippen molar-refractivity contribution in [3.8, 4) is 0 Å². The summed E-state index contributed by atoms with van der Waals surface area (Å²) < 4.78 is 5.31. The van der Waals surface area contributed by atoms with E-state index in [4.69, 9.17) is 9.25 Å². The summed E-state index contributed by atoms with van der Waals surface area (Å²) in [5, 5.41) is 0. The number of nitrogens with one attached hydrogen (secondary N) is 1. The van der Waals surface area contributed by atoms with Gasteiger partial charge in [0.2, 0.25) is 0 Å².